The van der Waals surface area contributed by atoms with Crippen molar-refractivity contribution in [3.05, 3.63) is 24.0 Å². The van der Waals surface area contributed by atoms with Crippen LogP contribution < -0.4 is 10.1 Å². The molecule has 2 unspecified atom stereocenters. The molecule has 1 aliphatic heterocycles. The van der Waals surface area contributed by atoms with E-state index in [1.54, 1.807) is 6.07 Å². The van der Waals surface area contributed by atoms with E-state index in [4.69, 9.17) is 9.84 Å². The van der Waals surface area contributed by atoms with Gasteiger partial charge in [-0.2, -0.15) is 0 Å². The normalized spacial score (nSPS) is 23.9. The highest BCUT2D eigenvalue weighted by molar-refractivity contribution is 5.58. The standard InChI is InChI=1S/C11H14FNO2/c1-7-10(4-5-14)15-11-6-8(12)2-3-9(11)13-7/h2-3,6-7,10,13-14H,4-5H2,1H3. The van der Waals surface area contributed by atoms with Crippen molar-refractivity contribution in [2.24, 2.45) is 0 Å². The predicted octanol–water partition coefficient (Wildman–Crippen LogP) is 1.77. The molecule has 0 aromatic heterocycles. The molecule has 2 rings (SSSR count). The SMILES string of the molecule is CC1Nc2ccc(F)cc2OC1CCO. The molecular weight excluding hydrogens is 197 g/mol. The van der Waals surface area contributed by atoms with Crippen LogP contribution in [0.15, 0.2) is 18.2 Å². The summed E-state index contributed by atoms with van der Waals surface area (Å²) in [5.74, 6) is 0.208. The van der Waals surface area contributed by atoms with Crippen LogP contribution in [0.1, 0.15) is 13.3 Å². The highest BCUT2D eigenvalue weighted by Gasteiger charge is 2.25. The Morgan fingerprint density at radius 2 is 2.33 bits per heavy atom. The summed E-state index contributed by atoms with van der Waals surface area (Å²) < 4.78 is 18.6. The Balaban J connectivity index is 2.22. The van der Waals surface area contributed by atoms with Gasteiger partial charge in [0, 0.05) is 19.1 Å². The van der Waals surface area contributed by atoms with E-state index in [-0.39, 0.29) is 24.6 Å². The number of nitrogens with one attached hydrogen (secondary N) is 1. The summed E-state index contributed by atoms with van der Waals surface area (Å²) in [4.78, 5) is 0. The van der Waals surface area contributed by atoms with Crippen molar-refractivity contribution < 1.29 is 14.2 Å². The number of ether oxygens (including phenoxy) is 1. The Morgan fingerprint density at radius 3 is 3.07 bits per heavy atom. The molecule has 82 valence electrons. The van der Waals surface area contributed by atoms with Crippen LogP contribution in [0.4, 0.5) is 10.1 Å². The summed E-state index contributed by atoms with van der Waals surface area (Å²) in [6, 6.07) is 4.54. The Kier molecular flexibility index (Phi) is 2.77. The first kappa shape index (κ1) is 10.2. The first-order chi connectivity index (χ1) is 7.20. The quantitative estimate of drug-likeness (QED) is 0.783. The van der Waals surface area contributed by atoms with Gasteiger partial charge in [0.2, 0.25) is 0 Å². The molecule has 2 atom stereocenters. The van der Waals surface area contributed by atoms with E-state index < -0.39 is 0 Å². The zero-order valence-corrected chi connectivity index (χ0v) is 8.53. The lowest BCUT2D eigenvalue weighted by atomic mass is 10.1. The van der Waals surface area contributed by atoms with Crippen molar-refractivity contribution in [3.8, 4) is 5.75 Å². The summed E-state index contributed by atoms with van der Waals surface area (Å²) in [5, 5.41) is 12.1. The summed E-state index contributed by atoms with van der Waals surface area (Å²) in [6.07, 6.45) is 0.439. The monoisotopic (exact) mass is 211 g/mol. The van der Waals surface area contributed by atoms with Gasteiger partial charge in [-0.1, -0.05) is 0 Å². The molecule has 2 N–H and O–H groups in total. The lowest BCUT2D eigenvalue weighted by molar-refractivity contribution is 0.133. The molecule has 1 aromatic carbocycles. The molecule has 1 heterocycles. The molecule has 0 saturated heterocycles. The molecule has 1 aliphatic rings. The van der Waals surface area contributed by atoms with Gasteiger partial charge in [-0.15, -0.1) is 0 Å². The molecule has 0 saturated carbocycles. The molecular formula is C11H14FNO2. The zero-order valence-electron chi connectivity index (χ0n) is 8.53. The van der Waals surface area contributed by atoms with Crippen LogP contribution in [0, 0.1) is 5.82 Å². The number of aliphatic hydroxyl groups is 1. The van der Waals surface area contributed by atoms with Crippen LogP contribution in [0.2, 0.25) is 0 Å². The minimum Gasteiger partial charge on any atom is -0.486 e. The Labute approximate surface area is 87.9 Å². The van der Waals surface area contributed by atoms with E-state index in [0.29, 0.717) is 12.2 Å². The van der Waals surface area contributed by atoms with Gasteiger partial charge in [0.05, 0.1) is 11.7 Å². The van der Waals surface area contributed by atoms with Gasteiger partial charge in [-0.25, -0.2) is 4.39 Å². The van der Waals surface area contributed by atoms with Crippen LogP contribution >= 0.6 is 0 Å². The van der Waals surface area contributed by atoms with Gasteiger partial charge in [0.25, 0.3) is 0 Å². The van der Waals surface area contributed by atoms with Crippen molar-refractivity contribution in [3.63, 3.8) is 0 Å². The number of anilines is 1. The van der Waals surface area contributed by atoms with Crippen LogP contribution in [-0.4, -0.2) is 23.9 Å². The van der Waals surface area contributed by atoms with Crippen molar-refractivity contribution in [2.45, 2.75) is 25.5 Å². The Bertz CT molecular complexity index is 356. The van der Waals surface area contributed by atoms with E-state index in [1.165, 1.54) is 12.1 Å². The smallest absolute Gasteiger partial charge is 0.145 e. The molecule has 1 aromatic rings. The first-order valence-electron chi connectivity index (χ1n) is 5.04. The zero-order chi connectivity index (χ0) is 10.8. The minimum absolute atomic E-state index is 0.0708. The van der Waals surface area contributed by atoms with E-state index in [9.17, 15) is 4.39 Å². The van der Waals surface area contributed by atoms with Crippen LogP contribution in [0.25, 0.3) is 0 Å². The second-order valence-electron chi connectivity index (χ2n) is 3.74. The molecule has 0 radical (unpaired) electrons. The molecule has 0 spiro atoms. The summed E-state index contributed by atoms with van der Waals surface area (Å²) in [5.41, 5.74) is 0.804. The molecule has 0 amide bonds. The van der Waals surface area contributed by atoms with Crippen molar-refractivity contribution in [2.75, 3.05) is 11.9 Å². The second-order valence-corrected chi connectivity index (χ2v) is 3.74. The topological polar surface area (TPSA) is 41.5 Å². The van der Waals surface area contributed by atoms with Crippen molar-refractivity contribution >= 4 is 5.69 Å². The maximum Gasteiger partial charge on any atom is 0.145 e. The van der Waals surface area contributed by atoms with Crippen molar-refractivity contribution in [1.82, 2.24) is 0 Å². The fourth-order valence-corrected chi connectivity index (χ4v) is 1.75. The third kappa shape index (κ3) is 2.04. The van der Waals surface area contributed by atoms with Gasteiger partial charge in [0.1, 0.15) is 17.7 Å². The van der Waals surface area contributed by atoms with E-state index in [2.05, 4.69) is 5.32 Å². The number of hydrogen-bond acceptors (Lipinski definition) is 3. The molecule has 0 fully saturated rings. The molecule has 4 heteroatoms. The summed E-state index contributed by atoms with van der Waals surface area (Å²) in [6.45, 7) is 2.05. The summed E-state index contributed by atoms with van der Waals surface area (Å²) >= 11 is 0. The van der Waals surface area contributed by atoms with E-state index >= 15 is 0 Å². The highest BCUT2D eigenvalue weighted by Crippen LogP contribution is 2.32. The maximum atomic E-state index is 12.9. The largest absolute Gasteiger partial charge is 0.486 e. The van der Waals surface area contributed by atoms with Gasteiger partial charge in [-0.3, -0.25) is 0 Å². The molecule has 0 aliphatic carbocycles. The lowest BCUT2D eigenvalue weighted by Crippen LogP contribution is -2.39. The minimum atomic E-state index is -0.312. The third-order valence-corrected chi connectivity index (χ3v) is 2.58. The van der Waals surface area contributed by atoms with Gasteiger partial charge in [0.15, 0.2) is 0 Å². The summed E-state index contributed by atoms with van der Waals surface area (Å²) in [7, 11) is 0. The molecule has 3 nitrogen and oxygen atoms in total. The predicted molar refractivity (Wildman–Crippen MR) is 55.6 cm³/mol. The number of hydrogen-bond donors (Lipinski definition) is 2. The average molecular weight is 211 g/mol. The third-order valence-electron chi connectivity index (χ3n) is 2.58. The maximum absolute atomic E-state index is 12.9. The number of fused-ring (bicyclic) bond motifs is 1. The molecule has 0 bridgehead atoms. The average Bonchev–Trinajstić information content (AvgIpc) is 2.20. The first-order valence-corrected chi connectivity index (χ1v) is 5.04. The Morgan fingerprint density at radius 1 is 1.53 bits per heavy atom. The van der Waals surface area contributed by atoms with Gasteiger partial charge >= 0.3 is 0 Å². The number of aliphatic hydroxyl groups excluding tert-OH is 1. The second kappa shape index (κ2) is 4.06. The van der Waals surface area contributed by atoms with Crippen LogP contribution in [-0.2, 0) is 0 Å². The lowest BCUT2D eigenvalue weighted by Gasteiger charge is -2.32. The van der Waals surface area contributed by atoms with E-state index in [1.807, 2.05) is 6.92 Å². The number of halogens is 1. The van der Waals surface area contributed by atoms with Gasteiger partial charge in [-0.05, 0) is 19.1 Å². The van der Waals surface area contributed by atoms with E-state index in [0.717, 1.165) is 5.69 Å². The van der Waals surface area contributed by atoms with Crippen LogP contribution in [0.3, 0.4) is 0 Å². The molecule has 15 heavy (non-hydrogen) atoms. The van der Waals surface area contributed by atoms with Crippen molar-refractivity contribution in [1.29, 1.82) is 0 Å². The Hall–Kier alpha value is -1.29. The number of rotatable bonds is 2. The van der Waals surface area contributed by atoms with Gasteiger partial charge < -0.3 is 15.2 Å². The number of benzene rings is 1. The fraction of sp³-hybridized carbons (Fsp3) is 0.455. The highest BCUT2D eigenvalue weighted by atomic mass is 19.1. The fourth-order valence-electron chi connectivity index (χ4n) is 1.75. The van der Waals surface area contributed by atoms with Crippen LogP contribution in [0.5, 0.6) is 5.75 Å².